The number of carboxylic acids is 1. The number of hydrogen-bond acceptors (Lipinski definition) is 6. The molecule has 2 heterocycles. The first kappa shape index (κ1) is 44.4. The molecule has 0 radical (unpaired) electrons. The van der Waals surface area contributed by atoms with Gasteiger partial charge in [-0.05, 0) is 162 Å². The van der Waals surface area contributed by atoms with Crippen LogP contribution in [0.15, 0.2) is 18.9 Å². The van der Waals surface area contributed by atoms with Gasteiger partial charge in [0.25, 0.3) is 0 Å². The second-order valence-electron chi connectivity index (χ2n) is 22.1. The lowest BCUT2D eigenvalue weighted by molar-refractivity contribution is -0.236. The van der Waals surface area contributed by atoms with Gasteiger partial charge in [-0.3, -0.25) is 14.4 Å². The molecule has 7 aliphatic rings. The summed E-state index contributed by atoms with van der Waals surface area (Å²) in [6.45, 7) is 24.6. The third-order valence-corrected chi connectivity index (χ3v) is 19.0. The minimum absolute atomic E-state index is 0.0692. The third-order valence-electron chi connectivity index (χ3n) is 19.0. The predicted octanol–water partition coefficient (Wildman–Crippen LogP) is 10.2. The Bertz CT molecular complexity index is 1740. The van der Waals surface area contributed by atoms with E-state index >= 15 is 4.79 Å². The standard InChI is InChI=1S/C47H74N4O5.C3H6/c1-28(2)36-27-50(25-24-49(8)9)40(48-36)37-13-11-23-51(37)43(55)47-18-10-12-35(47)34-14-15-39-44(5)19-17-38(56-42(54)32-26-31(29(32)3)41(52)53)30(4)33(44)16-20-46(39,7)45(34,6)21-22-47;1-3-2/h27-35,37-39H,10-26H2,1-9H3,(H,52,53);3H,1H2,2H3/t29?,30?,31?,32?,33?,34?,35?,37?,38?,39?,44?,45-,46?,47?;/m1./s1. The molecule has 1 N–H and O–H groups in total. The van der Waals surface area contributed by atoms with Crippen LogP contribution in [0.4, 0.5) is 0 Å². The molecular weight excluding hydrogens is 737 g/mol. The lowest BCUT2D eigenvalue weighted by Crippen LogP contribution is -2.66. The predicted molar refractivity (Wildman–Crippen MR) is 233 cm³/mol. The topological polar surface area (TPSA) is 105 Å². The zero-order chi connectivity index (χ0) is 42.8. The van der Waals surface area contributed by atoms with Crippen LogP contribution in [0, 0.1) is 69.0 Å². The van der Waals surface area contributed by atoms with Crippen LogP contribution in [0.3, 0.4) is 0 Å². The van der Waals surface area contributed by atoms with Gasteiger partial charge in [-0.1, -0.05) is 61.0 Å². The number of likely N-dealkylation sites (tertiary alicyclic amines) is 1. The van der Waals surface area contributed by atoms with Crippen LogP contribution in [-0.4, -0.2) is 75.6 Å². The summed E-state index contributed by atoms with van der Waals surface area (Å²) in [4.78, 5) is 50.1. The molecular formula is C50H80N4O5. The van der Waals surface area contributed by atoms with E-state index in [1.807, 2.05) is 13.8 Å². The third kappa shape index (κ3) is 7.15. The Morgan fingerprint density at radius 1 is 0.915 bits per heavy atom. The SMILES string of the molecule is C=CC.CC(C)c1cn(CCN(C)C)c(C2CCCN2C(=O)C23CCCC2C2CCC4C5(C)CCC(OC(=O)C6CC(C(=O)O)C6C)C(C)C5CCC4(C)[C@]2(C)CC3)n1. The molecule has 14 atom stereocenters. The minimum atomic E-state index is -0.796. The number of hydrogen-bond donors (Lipinski definition) is 1. The van der Waals surface area contributed by atoms with Gasteiger partial charge in [-0.15, -0.1) is 6.58 Å². The number of amides is 1. The summed E-state index contributed by atoms with van der Waals surface area (Å²) in [5, 5.41) is 9.48. The van der Waals surface area contributed by atoms with Crippen molar-refractivity contribution in [3.63, 3.8) is 0 Å². The zero-order valence-electron chi connectivity index (χ0n) is 38.6. The summed E-state index contributed by atoms with van der Waals surface area (Å²) < 4.78 is 8.66. The van der Waals surface area contributed by atoms with Gasteiger partial charge in [0.1, 0.15) is 11.9 Å². The maximum atomic E-state index is 15.4. The summed E-state index contributed by atoms with van der Waals surface area (Å²) in [5.74, 6) is 2.56. The Labute approximate surface area is 356 Å². The van der Waals surface area contributed by atoms with Crippen LogP contribution in [-0.2, 0) is 25.7 Å². The molecule has 9 nitrogen and oxygen atoms in total. The number of nitrogens with zero attached hydrogens (tertiary/aromatic N) is 4. The monoisotopic (exact) mass is 817 g/mol. The number of esters is 1. The lowest BCUT2D eigenvalue weighted by Gasteiger charge is -2.71. The summed E-state index contributed by atoms with van der Waals surface area (Å²) >= 11 is 0. The van der Waals surface area contributed by atoms with Gasteiger partial charge in [-0.2, -0.15) is 0 Å². The zero-order valence-corrected chi connectivity index (χ0v) is 38.6. The number of rotatable bonds is 9. The van der Waals surface area contributed by atoms with Crippen molar-refractivity contribution in [3.05, 3.63) is 30.4 Å². The molecule has 9 heteroatoms. The molecule has 8 rings (SSSR count). The smallest absolute Gasteiger partial charge is 0.309 e. The number of aromatic nitrogens is 2. The van der Waals surface area contributed by atoms with E-state index in [1.54, 1.807) is 6.08 Å². The fourth-order valence-electron chi connectivity index (χ4n) is 15.4. The van der Waals surface area contributed by atoms with Gasteiger partial charge in [0.2, 0.25) is 5.91 Å². The van der Waals surface area contributed by atoms with Crippen LogP contribution in [0.25, 0.3) is 0 Å². The number of carbonyl (C=O) groups excluding carboxylic acids is 2. The van der Waals surface area contributed by atoms with Crippen molar-refractivity contribution in [2.45, 2.75) is 170 Å². The van der Waals surface area contributed by atoms with E-state index < -0.39 is 11.9 Å². The van der Waals surface area contributed by atoms with E-state index in [0.717, 1.165) is 76.1 Å². The largest absolute Gasteiger partial charge is 0.481 e. The first-order valence-electron chi connectivity index (χ1n) is 23.9. The maximum absolute atomic E-state index is 15.4. The van der Waals surface area contributed by atoms with Gasteiger partial charge < -0.3 is 24.2 Å². The quantitative estimate of drug-likeness (QED) is 0.195. The van der Waals surface area contributed by atoms with E-state index in [0.29, 0.717) is 47.8 Å². The molecule has 330 valence electrons. The van der Waals surface area contributed by atoms with Crippen molar-refractivity contribution in [3.8, 4) is 0 Å². The van der Waals surface area contributed by atoms with E-state index in [1.165, 1.54) is 38.5 Å². The molecule has 1 aromatic rings. The number of likely N-dealkylation sites (N-methyl/N-ethyl adjacent to an activating group) is 1. The van der Waals surface area contributed by atoms with E-state index in [4.69, 9.17) is 9.72 Å². The molecule has 7 fully saturated rings. The Morgan fingerprint density at radius 2 is 1.64 bits per heavy atom. The van der Waals surface area contributed by atoms with Crippen LogP contribution >= 0.6 is 0 Å². The van der Waals surface area contributed by atoms with E-state index in [9.17, 15) is 14.7 Å². The van der Waals surface area contributed by atoms with Crippen molar-refractivity contribution in [2.75, 3.05) is 27.2 Å². The van der Waals surface area contributed by atoms with Crippen molar-refractivity contribution in [1.29, 1.82) is 0 Å². The van der Waals surface area contributed by atoms with Gasteiger partial charge in [0.05, 0.1) is 29.0 Å². The van der Waals surface area contributed by atoms with Gasteiger partial charge in [0.15, 0.2) is 0 Å². The molecule has 1 aliphatic heterocycles. The molecule has 59 heavy (non-hydrogen) atoms. The van der Waals surface area contributed by atoms with Crippen molar-refractivity contribution in [2.24, 2.45) is 69.0 Å². The highest BCUT2D eigenvalue weighted by Gasteiger charge is 2.70. The maximum Gasteiger partial charge on any atom is 0.309 e. The molecule has 1 amide bonds. The van der Waals surface area contributed by atoms with E-state index in [-0.39, 0.29) is 51.6 Å². The van der Waals surface area contributed by atoms with Gasteiger partial charge in [-0.25, -0.2) is 4.98 Å². The minimum Gasteiger partial charge on any atom is -0.481 e. The number of carboxylic acid groups (broad SMARTS) is 1. The molecule has 1 saturated heterocycles. The summed E-state index contributed by atoms with van der Waals surface area (Å²) in [6.07, 6.45) is 18.8. The number of allylic oxidation sites excluding steroid dienone is 1. The molecule has 0 aromatic carbocycles. The first-order valence-corrected chi connectivity index (χ1v) is 23.9. The van der Waals surface area contributed by atoms with Gasteiger partial charge in [0, 0.05) is 25.8 Å². The highest BCUT2D eigenvalue weighted by molar-refractivity contribution is 5.84. The summed E-state index contributed by atoms with van der Waals surface area (Å²) in [7, 11) is 4.26. The molecule has 0 spiro atoms. The molecule has 1 aromatic heterocycles. The Balaban J connectivity index is 0.00000171. The first-order chi connectivity index (χ1) is 27.9. The van der Waals surface area contributed by atoms with Crippen LogP contribution in [0.2, 0.25) is 0 Å². The van der Waals surface area contributed by atoms with Crippen molar-refractivity contribution < 1.29 is 24.2 Å². The second-order valence-corrected chi connectivity index (χ2v) is 22.1. The average molecular weight is 817 g/mol. The number of ether oxygens (including phenoxy) is 1. The summed E-state index contributed by atoms with van der Waals surface area (Å²) in [6, 6.07) is 0.0692. The fraction of sp³-hybridized carbons (Fsp3) is 0.840. The Morgan fingerprint density at radius 3 is 2.31 bits per heavy atom. The normalized spacial score (nSPS) is 42.4. The highest BCUT2D eigenvalue weighted by atomic mass is 16.5. The van der Waals surface area contributed by atoms with Crippen LogP contribution in [0.5, 0.6) is 0 Å². The lowest BCUT2D eigenvalue weighted by atomic mass is 9.33. The van der Waals surface area contributed by atoms with Gasteiger partial charge >= 0.3 is 11.9 Å². The molecule has 6 aliphatic carbocycles. The molecule has 0 bridgehead atoms. The number of aliphatic carboxylic acids is 1. The second kappa shape index (κ2) is 16.5. The molecule has 13 unspecified atom stereocenters. The van der Waals surface area contributed by atoms with Crippen LogP contribution in [0.1, 0.15) is 169 Å². The van der Waals surface area contributed by atoms with E-state index in [2.05, 4.69) is 82.8 Å². The fourth-order valence-corrected chi connectivity index (χ4v) is 15.4. The Kier molecular flexibility index (Phi) is 12.4. The summed E-state index contributed by atoms with van der Waals surface area (Å²) in [5.41, 5.74) is 1.52. The number of carbonyl (C=O) groups is 3. The van der Waals surface area contributed by atoms with Crippen molar-refractivity contribution in [1.82, 2.24) is 19.4 Å². The number of imidazole rings is 1. The Hall–Kier alpha value is -2.68. The highest BCUT2D eigenvalue weighted by Crippen LogP contribution is 2.76. The average Bonchev–Trinajstić information content (AvgIpc) is 3.94. The number of fused-ring (bicyclic) bond motifs is 7. The van der Waals surface area contributed by atoms with Crippen LogP contribution < -0.4 is 0 Å². The molecule has 6 saturated carbocycles. The van der Waals surface area contributed by atoms with Crippen molar-refractivity contribution >= 4 is 17.8 Å².